The zero-order chi connectivity index (χ0) is 10.2. The Balaban J connectivity index is 2.31. The second-order valence-corrected chi connectivity index (χ2v) is 5.04. The fourth-order valence-corrected chi connectivity index (χ4v) is 2.67. The Morgan fingerprint density at radius 3 is 2.21 bits per heavy atom. The lowest BCUT2D eigenvalue weighted by Gasteiger charge is -2.20. The maximum atomic E-state index is 3.32. The molecular formula is C13H19N. The average Bonchev–Trinajstić information content (AvgIpc) is 2.72. The molecule has 0 spiro atoms. The standard InChI is InChI=1S/C13H19N/c1-12(2)9-13(12,10-14-3)11-7-5-4-6-8-11/h4-8,14H,9-10H2,1-3H3/t13-/m0/s1. The first kappa shape index (κ1) is 9.72. The topological polar surface area (TPSA) is 12.0 Å². The van der Waals surface area contributed by atoms with Gasteiger partial charge < -0.3 is 5.32 Å². The summed E-state index contributed by atoms with van der Waals surface area (Å²) in [6.45, 7) is 5.80. The Bertz CT molecular complexity index is 315. The lowest BCUT2D eigenvalue weighted by Crippen LogP contribution is -2.27. The molecule has 1 saturated carbocycles. The summed E-state index contributed by atoms with van der Waals surface area (Å²) >= 11 is 0. The highest BCUT2D eigenvalue weighted by Crippen LogP contribution is 2.63. The Kier molecular flexibility index (Phi) is 2.15. The van der Waals surface area contributed by atoms with Crippen molar-refractivity contribution in [3.63, 3.8) is 0 Å². The molecule has 1 heteroatoms. The van der Waals surface area contributed by atoms with Crippen molar-refractivity contribution in [2.24, 2.45) is 5.41 Å². The molecule has 1 aromatic rings. The summed E-state index contributed by atoms with van der Waals surface area (Å²) in [5, 5.41) is 3.32. The van der Waals surface area contributed by atoms with Crippen LogP contribution in [-0.2, 0) is 5.41 Å². The number of nitrogens with one attached hydrogen (secondary N) is 1. The van der Waals surface area contributed by atoms with Crippen LogP contribution in [0.15, 0.2) is 30.3 Å². The molecule has 1 aromatic carbocycles. The van der Waals surface area contributed by atoms with E-state index in [9.17, 15) is 0 Å². The number of rotatable bonds is 3. The minimum atomic E-state index is 0.378. The van der Waals surface area contributed by atoms with Gasteiger partial charge in [-0.3, -0.25) is 0 Å². The van der Waals surface area contributed by atoms with Gasteiger partial charge in [-0.05, 0) is 24.4 Å². The molecule has 14 heavy (non-hydrogen) atoms. The van der Waals surface area contributed by atoms with Crippen LogP contribution in [0.2, 0.25) is 0 Å². The van der Waals surface area contributed by atoms with E-state index in [4.69, 9.17) is 0 Å². The van der Waals surface area contributed by atoms with E-state index in [1.807, 2.05) is 7.05 Å². The normalized spacial score (nSPS) is 28.8. The third kappa shape index (κ3) is 1.27. The number of likely N-dealkylation sites (N-methyl/N-ethyl adjacent to an activating group) is 1. The SMILES string of the molecule is CNC[C@]1(c2ccccc2)CC1(C)C. The Hall–Kier alpha value is -0.820. The summed E-state index contributed by atoms with van der Waals surface area (Å²) in [4.78, 5) is 0. The van der Waals surface area contributed by atoms with E-state index in [0.717, 1.165) is 6.54 Å². The molecule has 0 bridgehead atoms. The largest absolute Gasteiger partial charge is 0.319 e. The third-order valence-corrected chi connectivity index (χ3v) is 3.72. The fraction of sp³-hybridized carbons (Fsp3) is 0.538. The highest BCUT2D eigenvalue weighted by Gasteiger charge is 2.61. The van der Waals surface area contributed by atoms with Gasteiger partial charge in [0.15, 0.2) is 0 Å². The zero-order valence-electron chi connectivity index (χ0n) is 9.30. The van der Waals surface area contributed by atoms with Gasteiger partial charge in [-0.15, -0.1) is 0 Å². The summed E-state index contributed by atoms with van der Waals surface area (Å²) in [6.07, 6.45) is 1.30. The van der Waals surface area contributed by atoms with Crippen molar-refractivity contribution >= 4 is 0 Å². The van der Waals surface area contributed by atoms with Crippen molar-refractivity contribution in [1.82, 2.24) is 5.32 Å². The van der Waals surface area contributed by atoms with Crippen LogP contribution in [-0.4, -0.2) is 13.6 Å². The van der Waals surface area contributed by atoms with E-state index in [-0.39, 0.29) is 0 Å². The first-order chi connectivity index (χ1) is 6.62. The number of hydrogen-bond donors (Lipinski definition) is 1. The summed E-state index contributed by atoms with van der Waals surface area (Å²) in [6, 6.07) is 10.9. The minimum Gasteiger partial charge on any atom is -0.319 e. The van der Waals surface area contributed by atoms with Crippen molar-refractivity contribution in [3.05, 3.63) is 35.9 Å². The van der Waals surface area contributed by atoms with Crippen LogP contribution in [0.4, 0.5) is 0 Å². The average molecular weight is 189 g/mol. The molecule has 0 amide bonds. The molecule has 1 aliphatic carbocycles. The lowest BCUT2D eigenvalue weighted by molar-refractivity contribution is 0.476. The van der Waals surface area contributed by atoms with Crippen LogP contribution < -0.4 is 5.32 Å². The summed E-state index contributed by atoms with van der Waals surface area (Å²) in [5.74, 6) is 0. The fourth-order valence-electron chi connectivity index (χ4n) is 2.67. The van der Waals surface area contributed by atoms with Gasteiger partial charge >= 0.3 is 0 Å². The molecule has 0 saturated heterocycles. The highest BCUT2D eigenvalue weighted by atomic mass is 14.9. The molecule has 0 heterocycles. The van der Waals surface area contributed by atoms with E-state index in [1.165, 1.54) is 12.0 Å². The minimum absolute atomic E-state index is 0.378. The predicted molar refractivity (Wildman–Crippen MR) is 60.4 cm³/mol. The first-order valence-corrected chi connectivity index (χ1v) is 5.32. The van der Waals surface area contributed by atoms with Crippen LogP contribution in [0, 0.1) is 5.41 Å². The lowest BCUT2D eigenvalue weighted by atomic mass is 9.88. The van der Waals surface area contributed by atoms with Crippen molar-refractivity contribution < 1.29 is 0 Å². The predicted octanol–water partition coefficient (Wildman–Crippen LogP) is 2.57. The second kappa shape index (κ2) is 3.09. The number of hydrogen-bond acceptors (Lipinski definition) is 1. The van der Waals surface area contributed by atoms with Gasteiger partial charge in [0.05, 0.1) is 0 Å². The molecule has 0 aliphatic heterocycles. The van der Waals surface area contributed by atoms with Gasteiger partial charge in [0.2, 0.25) is 0 Å². The van der Waals surface area contributed by atoms with Crippen LogP contribution in [0.5, 0.6) is 0 Å². The van der Waals surface area contributed by atoms with Gasteiger partial charge in [-0.2, -0.15) is 0 Å². The molecular weight excluding hydrogens is 170 g/mol. The van der Waals surface area contributed by atoms with Gasteiger partial charge in [0.25, 0.3) is 0 Å². The monoisotopic (exact) mass is 189 g/mol. The van der Waals surface area contributed by atoms with E-state index in [1.54, 1.807) is 0 Å². The Labute approximate surface area is 86.5 Å². The number of benzene rings is 1. The van der Waals surface area contributed by atoms with Crippen LogP contribution >= 0.6 is 0 Å². The highest BCUT2D eigenvalue weighted by molar-refractivity contribution is 5.37. The summed E-state index contributed by atoms with van der Waals surface area (Å²) in [7, 11) is 2.04. The third-order valence-electron chi connectivity index (χ3n) is 3.72. The van der Waals surface area contributed by atoms with Crippen molar-refractivity contribution in [2.75, 3.05) is 13.6 Å². The Morgan fingerprint density at radius 1 is 1.21 bits per heavy atom. The molecule has 1 fully saturated rings. The molecule has 1 atom stereocenters. The van der Waals surface area contributed by atoms with E-state index in [2.05, 4.69) is 49.5 Å². The maximum Gasteiger partial charge on any atom is 0.0134 e. The van der Waals surface area contributed by atoms with Crippen molar-refractivity contribution in [2.45, 2.75) is 25.7 Å². The van der Waals surface area contributed by atoms with Gasteiger partial charge in [0.1, 0.15) is 0 Å². The van der Waals surface area contributed by atoms with E-state index < -0.39 is 0 Å². The molecule has 1 N–H and O–H groups in total. The molecule has 0 radical (unpaired) electrons. The zero-order valence-corrected chi connectivity index (χ0v) is 9.30. The van der Waals surface area contributed by atoms with E-state index >= 15 is 0 Å². The molecule has 1 aliphatic rings. The van der Waals surface area contributed by atoms with Crippen LogP contribution in [0.3, 0.4) is 0 Å². The quantitative estimate of drug-likeness (QED) is 0.770. The summed E-state index contributed by atoms with van der Waals surface area (Å²) < 4.78 is 0. The van der Waals surface area contributed by atoms with Crippen molar-refractivity contribution in [3.8, 4) is 0 Å². The maximum absolute atomic E-state index is 3.32. The second-order valence-electron chi connectivity index (χ2n) is 5.04. The van der Waals surface area contributed by atoms with Crippen molar-refractivity contribution in [1.29, 1.82) is 0 Å². The van der Waals surface area contributed by atoms with E-state index in [0.29, 0.717) is 10.8 Å². The molecule has 76 valence electrons. The van der Waals surface area contributed by atoms with Gasteiger partial charge in [-0.1, -0.05) is 44.2 Å². The molecule has 0 aromatic heterocycles. The molecule has 0 unspecified atom stereocenters. The van der Waals surface area contributed by atoms with Crippen LogP contribution in [0.25, 0.3) is 0 Å². The van der Waals surface area contributed by atoms with Gasteiger partial charge in [0, 0.05) is 12.0 Å². The first-order valence-electron chi connectivity index (χ1n) is 5.32. The Morgan fingerprint density at radius 2 is 1.79 bits per heavy atom. The molecule has 1 nitrogen and oxygen atoms in total. The summed E-state index contributed by atoms with van der Waals surface area (Å²) in [5.41, 5.74) is 2.32. The van der Waals surface area contributed by atoms with Crippen LogP contribution in [0.1, 0.15) is 25.8 Å². The molecule has 2 rings (SSSR count). The smallest absolute Gasteiger partial charge is 0.0134 e. The van der Waals surface area contributed by atoms with Gasteiger partial charge in [-0.25, -0.2) is 0 Å².